The summed E-state index contributed by atoms with van der Waals surface area (Å²) in [4.78, 5) is 50.4. The Kier molecular flexibility index (Phi) is 7.97. The fourth-order valence-electron chi connectivity index (χ4n) is 2.94. The van der Waals surface area contributed by atoms with E-state index in [-0.39, 0.29) is 18.1 Å². The zero-order chi connectivity index (χ0) is 23.8. The van der Waals surface area contributed by atoms with Crippen molar-refractivity contribution in [2.45, 2.75) is 19.4 Å². The molecule has 11 nitrogen and oxygen atoms in total. The first kappa shape index (κ1) is 23.7. The SMILES string of the molecule is COC(=O)[C@H](CS/C=C/c1nc(Nc2cccc(CC(N)=O)c2)nc2nc[nH]c12)NC(C)=O. The van der Waals surface area contributed by atoms with E-state index in [9.17, 15) is 14.4 Å². The van der Waals surface area contributed by atoms with Crippen molar-refractivity contribution in [3.63, 3.8) is 0 Å². The largest absolute Gasteiger partial charge is 0.467 e. The molecule has 3 rings (SSSR count). The molecular formula is C21H23N7O4S. The number of thioether (sulfide) groups is 1. The second-order valence-electron chi connectivity index (χ2n) is 6.91. The molecule has 2 aromatic heterocycles. The molecule has 0 aliphatic rings. The van der Waals surface area contributed by atoms with Crippen LogP contribution in [0.15, 0.2) is 36.0 Å². The quantitative estimate of drug-likeness (QED) is 0.322. The van der Waals surface area contributed by atoms with Crippen molar-refractivity contribution >= 4 is 58.4 Å². The maximum atomic E-state index is 11.8. The van der Waals surface area contributed by atoms with E-state index in [4.69, 9.17) is 10.5 Å². The molecule has 3 aromatic rings. The van der Waals surface area contributed by atoms with Gasteiger partial charge in [-0.05, 0) is 29.2 Å². The third-order valence-corrected chi connectivity index (χ3v) is 5.18. The monoisotopic (exact) mass is 469 g/mol. The van der Waals surface area contributed by atoms with Crippen LogP contribution in [-0.4, -0.2) is 56.6 Å². The maximum Gasteiger partial charge on any atom is 0.329 e. The maximum absolute atomic E-state index is 11.8. The molecule has 1 atom stereocenters. The van der Waals surface area contributed by atoms with Crippen molar-refractivity contribution in [1.29, 1.82) is 0 Å². The number of methoxy groups -OCH3 is 1. The molecule has 0 aliphatic heterocycles. The number of amides is 2. The lowest BCUT2D eigenvalue weighted by Crippen LogP contribution is -2.42. The van der Waals surface area contributed by atoms with Gasteiger partial charge in [0.05, 0.1) is 25.6 Å². The van der Waals surface area contributed by atoms with E-state index in [1.807, 2.05) is 12.1 Å². The number of hydrogen-bond acceptors (Lipinski definition) is 9. The number of fused-ring (bicyclic) bond motifs is 1. The highest BCUT2D eigenvalue weighted by Crippen LogP contribution is 2.21. The number of primary amides is 1. The fraction of sp³-hybridized carbons (Fsp3) is 0.238. The molecule has 0 saturated carbocycles. The molecule has 5 N–H and O–H groups in total. The van der Waals surface area contributed by atoms with Gasteiger partial charge in [-0.25, -0.2) is 14.8 Å². The van der Waals surface area contributed by atoms with Gasteiger partial charge in [0.1, 0.15) is 11.6 Å². The van der Waals surface area contributed by atoms with Crippen LogP contribution in [0.3, 0.4) is 0 Å². The lowest BCUT2D eigenvalue weighted by molar-refractivity contribution is -0.144. The summed E-state index contributed by atoms with van der Waals surface area (Å²) in [7, 11) is 1.27. The Morgan fingerprint density at radius 3 is 2.85 bits per heavy atom. The minimum atomic E-state index is -0.760. The number of esters is 1. The Hall–Kier alpha value is -3.93. The molecule has 33 heavy (non-hydrogen) atoms. The number of imidazole rings is 1. The van der Waals surface area contributed by atoms with Gasteiger partial charge >= 0.3 is 5.97 Å². The number of rotatable bonds is 10. The first-order valence-electron chi connectivity index (χ1n) is 9.84. The topological polar surface area (TPSA) is 165 Å². The molecule has 172 valence electrons. The second kappa shape index (κ2) is 11.1. The summed E-state index contributed by atoms with van der Waals surface area (Å²) in [5, 5.41) is 7.44. The van der Waals surface area contributed by atoms with Crippen LogP contribution >= 0.6 is 11.8 Å². The van der Waals surface area contributed by atoms with Gasteiger partial charge in [-0.2, -0.15) is 4.98 Å². The molecule has 0 aliphatic carbocycles. The molecule has 0 unspecified atom stereocenters. The minimum absolute atomic E-state index is 0.130. The molecule has 0 saturated heterocycles. The van der Waals surface area contributed by atoms with Crippen molar-refractivity contribution < 1.29 is 19.1 Å². The van der Waals surface area contributed by atoms with E-state index < -0.39 is 17.9 Å². The van der Waals surface area contributed by atoms with Gasteiger partial charge in [0.25, 0.3) is 0 Å². The van der Waals surface area contributed by atoms with Crippen molar-refractivity contribution in [1.82, 2.24) is 25.3 Å². The van der Waals surface area contributed by atoms with Crippen LogP contribution in [0.4, 0.5) is 11.6 Å². The Balaban J connectivity index is 1.76. The third kappa shape index (κ3) is 6.77. The number of aromatic nitrogens is 4. The summed E-state index contributed by atoms with van der Waals surface area (Å²) >= 11 is 1.32. The van der Waals surface area contributed by atoms with Gasteiger partial charge in [0, 0.05) is 18.4 Å². The molecule has 0 fully saturated rings. The zero-order valence-corrected chi connectivity index (χ0v) is 18.8. The number of aromatic amines is 1. The number of ether oxygens (including phenoxy) is 1. The van der Waals surface area contributed by atoms with Crippen molar-refractivity contribution in [3.8, 4) is 0 Å². The van der Waals surface area contributed by atoms with Gasteiger partial charge in [-0.1, -0.05) is 12.1 Å². The second-order valence-corrected chi connectivity index (χ2v) is 7.85. The summed E-state index contributed by atoms with van der Waals surface area (Å²) in [5.41, 5.74) is 8.43. The highest BCUT2D eigenvalue weighted by atomic mass is 32.2. The number of anilines is 2. The van der Waals surface area contributed by atoms with Crippen LogP contribution in [-0.2, 0) is 25.5 Å². The average molecular weight is 470 g/mol. The van der Waals surface area contributed by atoms with E-state index in [0.717, 1.165) is 5.56 Å². The van der Waals surface area contributed by atoms with Gasteiger partial charge in [0.15, 0.2) is 5.65 Å². The Bertz CT molecular complexity index is 1190. The lowest BCUT2D eigenvalue weighted by atomic mass is 10.1. The molecule has 0 radical (unpaired) electrons. The van der Waals surface area contributed by atoms with E-state index >= 15 is 0 Å². The predicted molar refractivity (Wildman–Crippen MR) is 125 cm³/mol. The normalized spacial score (nSPS) is 11.9. The average Bonchev–Trinajstić information content (AvgIpc) is 3.23. The first-order valence-corrected chi connectivity index (χ1v) is 10.9. The molecule has 2 heterocycles. The summed E-state index contributed by atoms with van der Waals surface area (Å²) in [6.45, 7) is 1.34. The molecule has 0 bridgehead atoms. The van der Waals surface area contributed by atoms with Gasteiger partial charge in [-0.3, -0.25) is 9.59 Å². The van der Waals surface area contributed by atoms with Crippen LogP contribution in [0.2, 0.25) is 0 Å². The van der Waals surface area contributed by atoms with Crippen LogP contribution in [0.1, 0.15) is 18.2 Å². The number of hydrogen-bond donors (Lipinski definition) is 4. The number of benzene rings is 1. The molecule has 12 heteroatoms. The number of carbonyl (C=O) groups is 3. The highest BCUT2D eigenvalue weighted by Gasteiger charge is 2.19. The van der Waals surface area contributed by atoms with Crippen molar-refractivity contribution in [2.75, 3.05) is 18.2 Å². The van der Waals surface area contributed by atoms with Gasteiger partial charge in [0.2, 0.25) is 17.8 Å². The summed E-state index contributed by atoms with van der Waals surface area (Å²) in [6.07, 6.45) is 3.40. The number of nitrogens with zero attached hydrogens (tertiary/aromatic N) is 3. The molecule has 0 spiro atoms. The predicted octanol–water partition coefficient (Wildman–Crippen LogP) is 1.51. The summed E-state index contributed by atoms with van der Waals surface area (Å²) in [5.74, 6) is -0.646. The van der Waals surface area contributed by atoms with Crippen molar-refractivity contribution in [3.05, 3.63) is 47.3 Å². The van der Waals surface area contributed by atoms with Gasteiger partial charge < -0.3 is 26.1 Å². The molecular weight excluding hydrogens is 446 g/mol. The number of carbonyl (C=O) groups excluding carboxylic acids is 3. The van der Waals surface area contributed by atoms with Crippen molar-refractivity contribution in [2.24, 2.45) is 5.73 Å². The molecule has 2 amide bonds. The third-order valence-electron chi connectivity index (χ3n) is 4.32. The van der Waals surface area contributed by atoms with Gasteiger partial charge in [-0.15, -0.1) is 11.8 Å². The van der Waals surface area contributed by atoms with Crippen LogP contribution < -0.4 is 16.4 Å². The zero-order valence-electron chi connectivity index (χ0n) is 18.0. The van der Waals surface area contributed by atoms with Crippen LogP contribution in [0.5, 0.6) is 0 Å². The smallest absolute Gasteiger partial charge is 0.329 e. The lowest BCUT2D eigenvalue weighted by Gasteiger charge is -2.13. The van der Waals surface area contributed by atoms with E-state index in [0.29, 0.717) is 28.5 Å². The minimum Gasteiger partial charge on any atom is -0.467 e. The first-order chi connectivity index (χ1) is 15.9. The Morgan fingerprint density at radius 2 is 2.12 bits per heavy atom. The summed E-state index contributed by atoms with van der Waals surface area (Å²) in [6, 6.07) is 6.47. The Labute approximate surface area is 193 Å². The summed E-state index contributed by atoms with van der Waals surface area (Å²) < 4.78 is 4.72. The van der Waals surface area contributed by atoms with E-state index in [1.54, 1.807) is 23.6 Å². The van der Waals surface area contributed by atoms with Crippen LogP contribution in [0, 0.1) is 0 Å². The Morgan fingerprint density at radius 1 is 1.30 bits per heavy atom. The number of H-pyrrole nitrogens is 1. The fourth-order valence-corrected chi connectivity index (χ4v) is 3.69. The van der Waals surface area contributed by atoms with Crippen LogP contribution in [0.25, 0.3) is 17.2 Å². The highest BCUT2D eigenvalue weighted by molar-refractivity contribution is 8.02. The number of nitrogens with two attached hydrogens (primary N) is 1. The standard InChI is InChI=1S/C21H23N7O4S/c1-12(29)25-16(20(31)32-2)10-33-7-6-15-18-19(24-11-23-18)28-21(27-15)26-14-5-3-4-13(8-14)9-17(22)30/h3-8,11,16H,9-10H2,1-2H3,(H2,22,30)(H,25,29)(H2,23,24,26,27,28)/b7-6+/t16-/m0/s1. The number of nitrogens with one attached hydrogen (secondary N) is 3. The van der Waals surface area contributed by atoms with E-state index in [2.05, 4.69) is 30.6 Å². The van der Waals surface area contributed by atoms with E-state index in [1.165, 1.54) is 32.1 Å². The molecule has 1 aromatic carbocycles.